The number of nitrogens with zero attached hydrogens (tertiary/aromatic N) is 1. The smallest absolute Gasteiger partial charge is 1.00 e. The number of hydrogen-bond donors (Lipinski definition) is 0. The number of halogens is 1. The molecule has 3 aromatic carbocycles. The van der Waals surface area contributed by atoms with Crippen LogP contribution in [0.3, 0.4) is 0 Å². The van der Waals surface area contributed by atoms with Gasteiger partial charge in [-0.25, -0.2) is 25.3 Å². The van der Waals surface area contributed by atoms with Gasteiger partial charge in [0, 0.05) is 4.90 Å². The summed E-state index contributed by atoms with van der Waals surface area (Å²) < 4.78 is 101. The molecule has 0 aliphatic heterocycles. The van der Waals surface area contributed by atoms with E-state index >= 15 is 0 Å². The monoisotopic (exact) mass is 720 g/mol. The number of nitrogens with one attached hydrogen (secondary N) is 1. The van der Waals surface area contributed by atoms with E-state index < -0.39 is 63.3 Å². The van der Waals surface area contributed by atoms with Crippen molar-refractivity contribution in [1.29, 1.82) is 0 Å². The third kappa shape index (κ3) is 11.1. The van der Waals surface area contributed by atoms with Crippen LogP contribution in [0.4, 0.5) is 0 Å². The zero-order chi connectivity index (χ0) is 27.3. The summed E-state index contributed by atoms with van der Waals surface area (Å²) in [4.78, 5) is -1.87. The number of aryl methyl sites for hydroxylation is 1. The third-order valence-corrected chi connectivity index (χ3v) is 8.11. The summed E-state index contributed by atoms with van der Waals surface area (Å²) in [6, 6.07) is 11.0. The zero-order valence-electron chi connectivity index (χ0n) is 21.3. The Kier molecular flexibility index (Phi) is 18.5. The van der Waals surface area contributed by atoms with Gasteiger partial charge in [0.2, 0.25) is 0 Å². The summed E-state index contributed by atoms with van der Waals surface area (Å²) in [6.45, 7) is 1.73. The first kappa shape index (κ1) is 41.4. The Morgan fingerprint density at radius 2 is 1.13 bits per heavy atom. The van der Waals surface area contributed by atoms with Gasteiger partial charge in [-0.1, -0.05) is 54.1 Å². The number of hydrogen-bond acceptors (Lipinski definition) is 8. The van der Waals surface area contributed by atoms with Gasteiger partial charge >= 0.3 is 86.1 Å². The summed E-state index contributed by atoms with van der Waals surface area (Å²) >= 11 is 1.82. The Labute approximate surface area is 288 Å². The molecular formula is C22H21ClN2Na2O8RuS3. The Balaban J connectivity index is 0. The van der Waals surface area contributed by atoms with Gasteiger partial charge in [-0.05, 0) is 42.3 Å². The fraction of sp³-hybridized carbons (Fsp3) is 0.136. The largest absolute Gasteiger partial charge is 1.00 e. The minimum absolute atomic E-state index is 0. The molecule has 0 amide bonds. The van der Waals surface area contributed by atoms with Gasteiger partial charge < -0.3 is 27.0 Å². The molecule has 202 valence electrons. The van der Waals surface area contributed by atoms with Crippen LogP contribution in [0.1, 0.15) is 28.8 Å². The van der Waals surface area contributed by atoms with Crippen LogP contribution in [0.25, 0.3) is 10.5 Å². The molecule has 1 N–H and O–H groups in total. The van der Waals surface area contributed by atoms with Crippen LogP contribution in [0.2, 0.25) is 0 Å². The molecule has 0 fully saturated rings. The number of benzene rings is 3. The third-order valence-electron chi connectivity index (χ3n) is 4.92. The summed E-state index contributed by atoms with van der Waals surface area (Å²) in [5, 5.41) is 0. The average molecular weight is 720 g/mol. The maximum atomic E-state index is 13.0. The molecule has 0 heterocycles. The van der Waals surface area contributed by atoms with Gasteiger partial charge in [-0.3, -0.25) is 0 Å². The van der Waals surface area contributed by atoms with Crippen LogP contribution in [0.5, 0.6) is 0 Å². The van der Waals surface area contributed by atoms with E-state index in [2.05, 4.69) is 14.4 Å². The standard InChI is InChI=1S/C21H20N2O8S3.CH3.ClH.2Na.Ru/c1-14-10-12-15(13-11-14)32(24,25)23-21(17-7-3-5-9-19(17)34(29,30)31)20(22)16-6-2-4-8-18(16)33(26,27)28;;;;;/h2-13,20-22H,1H3,(H,26,27,28)(H,29,30,31);1H3;1H;;;/q-2;-1;;2*+1;+4/p-3/t20-,21-;;;;;/m0...../s1. The Hall–Kier alpha value is 0.263. The minimum atomic E-state index is -5.13. The van der Waals surface area contributed by atoms with Crippen molar-refractivity contribution in [1.82, 2.24) is 0 Å². The Bertz CT molecular complexity index is 1540. The molecule has 17 heteroatoms. The topological polar surface area (TPSA) is 186 Å². The minimum Gasteiger partial charge on any atom is 1.00 e. The van der Waals surface area contributed by atoms with Crippen molar-refractivity contribution >= 4 is 40.0 Å². The summed E-state index contributed by atoms with van der Waals surface area (Å²) in [6.07, 6.45) is 0. The van der Waals surface area contributed by atoms with Crippen LogP contribution in [0.15, 0.2) is 87.5 Å². The van der Waals surface area contributed by atoms with E-state index in [4.69, 9.17) is 5.73 Å². The summed E-state index contributed by atoms with van der Waals surface area (Å²) in [7, 11) is -10.1. The van der Waals surface area contributed by atoms with Gasteiger partial charge in [0.15, 0.2) is 0 Å². The number of rotatable bonds is 8. The Morgan fingerprint density at radius 1 is 0.744 bits per heavy atom. The van der Waals surface area contributed by atoms with Gasteiger partial charge in [-0.2, -0.15) is 0 Å². The first-order chi connectivity index (χ1) is 16.7. The molecule has 0 aliphatic carbocycles. The van der Waals surface area contributed by atoms with Crippen LogP contribution >= 0.6 is 9.69 Å². The molecule has 0 spiro atoms. The quantitative estimate of drug-likeness (QED) is 0.154. The molecule has 0 saturated carbocycles. The van der Waals surface area contributed by atoms with Crippen LogP contribution in [-0.2, 0) is 47.6 Å². The fourth-order valence-corrected chi connectivity index (χ4v) is 5.89. The number of sulfonamides is 1. The maximum absolute atomic E-state index is 13.0. The molecule has 10 nitrogen and oxygen atoms in total. The van der Waals surface area contributed by atoms with Crippen LogP contribution in [-0.4, -0.2) is 34.4 Å². The summed E-state index contributed by atoms with van der Waals surface area (Å²) in [5.74, 6) is 0. The molecule has 0 aliphatic rings. The van der Waals surface area contributed by atoms with E-state index in [0.29, 0.717) is 0 Å². The fourth-order valence-electron chi connectivity index (χ4n) is 3.31. The average Bonchev–Trinajstić information content (AvgIpc) is 2.82. The predicted octanol–water partition coefficient (Wildman–Crippen LogP) is -1.45. The Morgan fingerprint density at radius 3 is 1.56 bits per heavy atom. The van der Waals surface area contributed by atoms with Gasteiger partial charge in [0.25, 0.3) is 0 Å². The molecule has 3 aromatic rings. The van der Waals surface area contributed by atoms with Crippen molar-refractivity contribution in [3.05, 3.63) is 107 Å². The van der Waals surface area contributed by atoms with E-state index in [1.54, 1.807) is 6.92 Å². The van der Waals surface area contributed by atoms with E-state index in [1.807, 2.05) is 17.3 Å². The van der Waals surface area contributed by atoms with E-state index in [9.17, 15) is 34.4 Å². The predicted molar refractivity (Wildman–Crippen MR) is 133 cm³/mol. The molecule has 0 radical (unpaired) electrons. The summed E-state index contributed by atoms with van der Waals surface area (Å²) in [5.41, 5.74) is 8.58. The van der Waals surface area contributed by atoms with Crippen molar-refractivity contribution < 1.29 is 111 Å². The van der Waals surface area contributed by atoms with E-state index in [-0.39, 0.29) is 71.4 Å². The first-order valence-electron chi connectivity index (χ1n) is 9.70. The van der Waals surface area contributed by atoms with Gasteiger partial charge in [0.1, 0.15) is 30.3 Å². The van der Waals surface area contributed by atoms with Gasteiger partial charge in [0.05, 0.1) is 9.79 Å². The second kappa shape index (κ2) is 17.4. The van der Waals surface area contributed by atoms with E-state index in [0.717, 1.165) is 29.8 Å². The second-order valence-corrected chi connectivity index (χ2v) is 11.6. The maximum Gasteiger partial charge on any atom is 1.00 e. The van der Waals surface area contributed by atoms with E-state index in [1.165, 1.54) is 48.5 Å². The van der Waals surface area contributed by atoms with Crippen LogP contribution < -0.4 is 59.1 Å². The van der Waals surface area contributed by atoms with Crippen molar-refractivity contribution in [2.24, 2.45) is 0 Å². The molecule has 0 saturated heterocycles. The SMILES string of the molecule is Cc1ccc(S(=O)(=O)[N-][C@@H](c2ccccc2S(=O)(=O)[O-])[C@@H]([NH-])c2ccccc2S(=O)(=O)[O-])cc1.[CH3-].[Cl][Ru+3].[Na+].[Na+]. The molecular weight excluding hydrogens is 699 g/mol. The first-order valence-corrected chi connectivity index (χ1v) is 16.2. The molecule has 0 bridgehead atoms. The van der Waals surface area contributed by atoms with Crippen molar-refractivity contribution in [3.63, 3.8) is 0 Å². The molecule has 0 aromatic heterocycles. The van der Waals surface area contributed by atoms with Crippen molar-refractivity contribution in [2.75, 3.05) is 0 Å². The van der Waals surface area contributed by atoms with Crippen molar-refractivity contribution in [3.8, 4) is 0 Å². The molecule has 39 heavy (non-hydrogen) atoms. The molecule has 3 rings (SSSR count). The van der Waals surface area contributed by atoms with Crippen LogP contribution in [0, 0.1) is 14.4 Å². The zero-order valence-corrected chi connectivity index (χ0v) is 30.2. The molecule has 2 atom stereocenters. The normalized spacial score (nSPS) is 12.7. The molecule has 0 unspecified atom stereocenters. The van der Waals surface area contributed by atoms with Gasteiger partial charge in [-0.15, -0.1) is 12.1 Å². The second-order valence-electron chi connectivity index (χ2n) is 7.30. The van der Waals surface area contributed by atoms with Crippen molar-refractivity contribution in [2.45, 2.75) is 33.7 Å².